The molecule has 3 aromatic rings. The molecule has 138 valence electrons. The largest absolute Gasteiger partial charge is 0.347 e. The molecule has 0 amide bonds. The van der Waals surface area contributed by atoms with Crippen molar-refractivity contribution < 1.29 is 0 Å². The Labute approximate surface area is 161 Å². The Morgan fingerprint density at radius 1 is 1.04 bits per heavy atom. The molecular formula is C21H28N4S. The van der Waals surface area contributed by atoms with Gasteiger partial charge >= 0.3 is 0 Å². The first-order valence-electron chi connectivity index (χ1n) is 9.24. The third kappa shape index (κ3) is 4.29. The fourth-order valence-corrected chi connectivity index (χ4v) is 4.04. The molecular weight excluding hydrogens is 340 g/mol. The summed E-state index contributed by atoms with van der Waals surface area (Å²) in [6, 6.07) is 11.0. The Balaban J connectivity index is 1.88. The third-order valence-electron chi connectivity index (χ3n) is 4.58. The average molecular weight is 369 g/mol. The van der Waals surface area contributed by atoms with Gasteiger partial charge in [0.05, 0.1) is 0 Å². The van der Waals surface area contributed by atoms with E-state index in [0.29, 0.717) is 0 Å². The van der Waals surface area contributed by atoms with Gasteiger partial charge in [0.2, 0.25) is 0 Å². The molecule has 0 fully saturated rings. The lowest BCUT2D eigenvalue weighted by atomic mass is 10.0. The summed E-state index contributed by atoms with van der Waals surface area (Å²) in [6.45, 7) is 7.51. The quantitative estimate of drug-likeness (QED) is 0.537. The predicted molar refractivity (Wildman–Crippen MR) is 113 cm³/mol. The van der Waals surface area contributed by atoms with Crippen molar-refractivity contribution in [2.24, 2.45) is 0 Å². The van der Waals surface area contributed by atoms with E-state index in [1.165, 1.54) is 27.6 Å². The van der Waals surface area contributed by atoms with Gasteiger partial charge < -0.3 is 4.57 Å². The normalized spacial score (nSPS) is 11.8. The van der Waals surface area contributed by atoms with Gasteiger partial charge in [-0.25, -0.2) is 8.61 Å². The van der Waals surface area contributed by atoms with Gasteiger partial charge in [-0.15, -0.1) is 0 Å². The van der Waals surface area contributed by atoms with Crippen molar-refractivity contribution in [2.45, 2.75) is 26.8 Å². The van der Waals surface area contributed by atoms with E-state index in [-0.39, 0.29) is 0 Å². The lowest BCUT2D eigenvalue weighted by molar-refractivity contribution is 0.478. The molecule has 0 saturated heterocycles. The molecule has 0 saturated carbocycles. The molecule has 0 radical (unpaired) electrons. The maximum atomic E-state index is 4.13. The number of hydrogen-bond donors (Lipinski definition) is 0. The minimum Gasteiger partial charge on any atom is -0.347 e. The van der Waals surface area contributed by atoms with Gasteiger partial charge in [-0.1, -0.05) is 19.1 Å². The fourth-order valence-electron chi connectivity index (χ4n) is 3.29. The van der Waals surface area contributed by atoms with Crippen molar-refractivity contribution in [1.82, 2.24) is 18.2 Å². The summed E-state index contributed by atoms with van der Waals surface area (Å²) in [5.74, 6) is 0. The second kappa shape index (κ2) is 8.71. The van der Waals surface area contributed by atoms with Crippen LogP contribution in [0.4, 0.5) is 0 Å². The van der Waals surface area contributed by atoms with Crippen molar-refractivity contribution in [1.29, 1.82) is 0 Å². The fraction of sp³-hybridized carbons (Fsp3) is 0.381. The number of aryl methyl sites for hydroxylation is 1. The summed E-state index contributed by atoms with van der Waals surface area (Å²) in [7, 11) is 4.19. The zero-order valence-electron chi connectivity index (χ0n) is 16.1. The van der Waals surface area contributed by atoms with Crippen LogP contribution >= 0.6 is 12.1 Å². The van der Waals surface area contributed by atoms with Crippen LogP contribution in [0, 0.1) is 0 Å². The Morgan fingerprint density at radius 3 is 2.46 bits per heavy atom. The van der Waals surface area contributed by atoms with Crippen LogP contribution in [0.5, 0.6) is 0 Å². The Hall–Kier alpha value is -1.82. The monoisotopic (exact) mass is 368 g/mol. The van der Waals surface area contributed by atoms with E-state index >= 15 is 0 Å². The summed E-state index contributed by atoms with van der Waals surface area (Å²) < 4.78 is 6.92. The van der Waals surface area contributed by atoms with Gasteiger partial charge in [-0.3, -0.25) is 4.98 Å². The maximum absolute atomic E-state index is 4.13. The van der Waals surface area contributed by atoms with E-state index in [9.17, 15) is 0 Å². The van der Waals surface area contributed by atoms with Crippen molar-refractivity contribution in [3.8, 4) is 11.1 Å². The van der Waals surface area contributed by atoms with Crippen LogP contribution < -0.4 is 0 Å². The molecule has 0 atom stereocenters. The van der Waals surface area contributed by atoms with E-state index < -0.39 is 0 Å². The number of likely N-dealkylation sites (N-methyl/N-ethyl adjacent to an activating group) is 1. The Kier molecular flexibility index (Phi) is 6.35. The van der Waals surface area contributed by atoms with Crippen LogP contribution in [0.1, 0.15) is 19.4 Å². The van der Waals surface area contributed by atoms with Gasteiger partial charge in [0.25, 0.3) is 0 Å². The minimum absolute atomic E-state index is 0.986. The minimum atomic E-state index is 0.986. The third-order valence-corrected chi connectivity index (χ3v) is 5.58. The first-order valence-corrected chi connectivity index (χ1v) is 9.98. The number of aromatic nitrogens is 2. The first-order chi connectivity index (χ1) is 12.6. The molecule has 0 aliphatic rings. The molecule has 0 aliphatic heterocycles. The number of fused-ring (bicyclic) bond motifs is 1. The van der Waals surface area contributed by atoms with Crippen molar-refractivity contribution in [3.05, 3.63) is 54.5 Å². The lowest BCUT2D eigenvalue weighted by Crippen LogP contribution is -2.22. The summed E-state index contributed by atoms with van der Waals surface area (Å²) in [6.07, 6.45) is 7.10. The molecule has 0 N–H and O–H groups in total. The first kappa shape index (κ1) is 19.0. The van der Waals surface area contributed by atoms with E-state index in [2.05, 4.69) is 82.6 Å². The molecule has 0 spiro atoms. The zero-order valence-corrected chi connectivity index (χ0v) is 17.0. The van der Waals surface area contributed by atoms with Gasteiger partial charge in [0.15, 0.2) is 0 Å². The summed E-state index contributed by atoms with van der Waals surface area (Å²) in [5.41, 5.74) is 5.21. The van der Waals surface area contributed by atoms with Crippen LogP contribution in [0.25, 0.3) is 22.0 Å². The number of benzene rings is 1. The van der Waals surface area contributed by atoms with Crippen LogP contribution in [0.15, 0.2) is 48.9 Å². The van der Waals surface area contributed by atoms with E-state index in [0.717, 1.165) is 26.1 Å². The average Bonchev–Trinajstić information content (AvgIpc) is 3.02. The summed E-state index contributed by atoms with van der Waals surface area (Å²) >= 11 is 1.79. The topological polar surface area (TPSA) is 24.3 Å². The van der Waals surface area contributed by atoms with Gasteiger partial charge in [-0.2, -0.15) is 0 Å². The smallest absolute Gasteiger partial charge is 0.0489 e. The highest BCUT2D eigenvalue weighted by atomic mass is 32.2. The number of pyridine rings is 1. The van der Waals surface area contributed by atoms with Crippen LogP contribution in [-0.2, 0) is 13.0 Å². The number of nitrogens with zero attached hydrogens (tertiary/aromatic N) is 4. The van der Waals surface area contributed by atoms with Crippen molar-refractivity contribution in [3.63, 3.8) is 0 Å². The Morgan fingerprint density at radius 2 is 1.81 bits per heavy atom. The predicted octanol–water partition coefficient (Wildman–Crippen LogP) is 4.71. The van der Waals surface area contributed by atoms with Crippen molar-refractivity contribution in [2.75, 3.05) is 27.2 Å². The molecule has 4 nitrogen and oxygen atoms in total. The highest BCUT2D eigenvalue weighted by Crippen LogP contribution is 2.28. The van der Waals surface area contributed by atoms with Gasteiger partial charge in [-0.05, 0) is 62.3 Å². The standard InChI is InChI=1S/C21H28N4S/c1-5-24-16-19(11-14-25(6-2)26-23(3)4)20-8-7-18(15-21(20)24)17-9-12-22-13-10-17/h7-10,12-13,15-16H,5-6,11,14H2,1-4H3. The van der Waals surface area contributed by atoms with E-state index in [4.69, 9.17) is 0 Å². The van der Waals surface area contributed by atoms with E-state index in [1.807, 2.05) is 12.4 Å². The van der Waals surface area contributed by atoms with Crippen LogP contribution in [-0.4, -0.2) is 45.3 Å². The number of hydrogen-bond acceptors (Lipinski definition) is 4. The second-order valence-electron chi connectivity index (χ2n) is 6.57. The molecule has 3 rings (SSSR count). The molecule has 1 aromatic carbocycles. The maximum Gasteiger partial charge on any atom is 0.0489 e. The van der Waals surface area contributed by atoms with Crippen molar-refractivity contribution >= 4 is 23.0 Å². The molecule has 5 heteroatoms. The van der Waals surface area contributed by atoms with Gasteiger partial charge in [0.1, 0.15) is 0 Å². The molecule has 0 aliphatic carbocycles. The Bertz CT molecular complexity index is 842. The van der Waals surface area contributed by atoms with Crippen LogP contribution in [0.2, 0.25) is 0 Å². The van der Waals surface area contributed by atoms with E-state index in [1.54, 1.807) is 12.1 Å². The highest BCUT2D eigenvalue weighted by Gasteiger charge is 2.12. The molecule has 0 unspecified atom stereocenters. The lowest BCUT2D eigenvalue weighted by Gasteiger charge is -2.22. The SMILES string of the molecule is CCN(CCc1cn(CC)c2cc(-c3ccncc3)ccc12)SN(C)C. The van der Waals surface area contributed by atoms with Crippen LogP contribution in [0.3, 0.4) is 0 Å². The van der Waals surface area contributed by atoms with Gasteiger partial charge in [0, 0.05) is 61.3 Å². The summed E-state index contributed by atoms with van der Waals surface area (Å²) in [5, 5.41) is 1.37. The second-order valence-corrected chi connectivity index (χ2v) is 7.98. The molecule has 2 heterocycles. The molecule has 0 bridgehead atoms. The highest BCUT2D eigenvalue weighted by molar-refractivity contribution is 7.94. The number of rotatable bonds is 8. The molecule has 26 heavy (non-hydrogen) atoms. The zero-order chi connectivity index (χ0) is 18.5. The molecule has 2 aromatic heterocycles. The summed E-state index contributed by atoms with van der Waals surface area (Å²) in [4.78, 5) is 4.13.